The SMILES string of the molecule is Cc1cc(-c2nnco2)ccc1NCc1cncc(Br)c1. The molecule has 0 saturated carbocycles. The average molecular weight is 345 g/mol. The summed E-state index contributed by atoms with van der Waals surface area (Å²) in [7, 11) is 0. The molecular weight excluding hydrogens is 332 g/mol. The maximum absolute atomic E-state index is 5.20. The van der Waals surface area contributed by atoms with Crippen LogP contribution >= 0.6 is 15.9 Å². The highest BCUT2D eigenvalue weighted by molar-refractivity contribution is 9.10. The summed E-state index contributed by atoms with van der Waals surface area (Å²) in [6.45, 7) is 2.76. The van der Waals surface area contributed by atoms with Gasteiger partial charge in [0, 0.05) is 34.7 Å². The molecular formula is C15H13BrN4O. The standard InChI is InChI=1S/C15H13BrN4O/c1-10-4-12(15-20-19-9-21-15)2-3-14(10)18-7-11-5-13(16)8-17-6-11/h2-6,8-9,18H,7H2,1H3. The molecule has 0 spiro atoms. The molecule has 2 heterocycles. The summed E-state index contributed by atoms with van der Waals surface area (Å²) in [6.07, 6.45) is 4.95. The van der Waals surface area contributed by atoms with Crippen LogP contribution in [0.2, 0.25) is 0 Å². The molecule has 2 aromatic heterocycles. The van der Waals surface area contributed by atoms with Gasteiger partial charge in [-0.1, -0.05) is 0 Å². The molecule has 1 N–H and O–H groups in total. The van der Waals surface area contributed by atoms with E-state index < -0.39 is 0 Å². The number of nitrogens with zero attached hydrogens (tertiary/aromatic N) is 3. The number of nitrogens with one attached hydrogen (secondary N) is 1. The molecule has 0 radical (unpaired) electrons. The molecule has 0 saturated heterocycles. The van der Waals surface area contributed by atoms with Crippen LogP contribution in [0.3, 0.4) is 0 Å². The van der Waals surface area contributed by atoms with Gasteiger partial charge in [0.25, 0.3) is 0 Å². The van der Waals surface area contributed by atoms with Crippen molar-refractivity contribution in [3.8, 4) is 11.5 Å². The molecule has 0 unspecified atom stereocenters. The van der Waals surface area contributed by atoms with Crippen molar-refractivity contribution in [2.75, 3.05) is 5.32 Å². The van der Waals surface area contributed by atoms with Crippen LogP contribution < -0.4 is 5.32 Å². The van der Waals surface area contributed by atoms with Crippen LogP contribution in [0.25, 0.3) is 11.5 Å². The van der Waals surface area contributed by atoms with E-state index in [1.54, 1.807) is 6.20 Å². The van der Waals surface area contributed by atoms with E-state index in [-0.39, 0.29) is 0 Å². The quantitative estimate of drug-likeness (QED) is 0.779. The Hall–Kier alpha value is -2.21. The lowest BCUT2D eigenvalue weighted by Crippen LogP contribution is -2.01. The van der Waals surface area contributed by atoms with E-state index in [1.807, 2.05) is 37.4 Å². The summed E-state index contributed by atoms with van der Waals surface area (Å²) >= 11 is 3.42. The summed E-state index contributed by atoms with van der Waals surface area (Å²) in [6, 6.07) is 8.04. The molecule has 0 fully saturated rings. The van der Waals surface area contributed by atoms with Gasteiger partial charge in [0.2, 0.25) is 12.3 Å². The summed E-state index contributed by atoms with van der Waals surface area (Å²) in [5.41, 5.74) is 4.22. The van der Waals surface area contributed by atoms with E-state index in [9.17, 15) is 0 Å². The van der Waals surface area contributed by atoms with Gasteiger partial charge in [0.1, 0.15) is 0 Å². The molecule has 1 aromatic carbocycles. The maximum atomic E-state index is 5.20. The Balaban J connectivity index is 1.74. The Bertz CT molecular complexity index is 743. The van der Waals surface area contributed by atoms with Crippen LogP contribution in [-0.2, 0) is 6.54 Å². The number of aromatic nitrogens is 3. The minimum atomic E-state index is 0.529. The zero-order chi connectivity index (χ0) is 14.7. The van der Waals surface area contributed by atoms with E-state index in [0.717, 1.165) is 26.9 Å². The second-order valence-electron chi connectivity index (χ2n) is 4.64. The molecule has 0 aliphatic carbocycles. The number of pyridine rings is 1. The van der Waals surface area contributed by atoms with Gasteiger partial charge < -0.3 is 9.73 Å². The van der Waals surface area contributed by atoms with Gasteiger partial charge in [-0.2, -0.15) is 0 Å². The maximum Gasteiger partial charge on any atom is 0.247 e. The lowest BCUT2D eigenvalue weighted by atomic mass is 10.1. The van der Waals surface area contributed by atoms with Crippen LogP contribution in [0, 0.1) is 6.92 Å². The molecule has 0 atom stereocenters. The lowest BCUT2D eigenvalue weighted by Gasteiger charge is -2.10. The van der Waals surface area contributed by atoms with E-state index in [2.05, 4.69) is 36.4 Å². The minimum Gasteiger partial charge on any atom is -0.423 e. The van der Waals surface area contributed by atoms with Gasteiger partial charge in [-0.05, 0) is 58.2 Å². The lowest BCUT2D eigenvalue weighted by molar-refractivity contribution is 0.568. The molecule has 0 amide bonds. The normalized spacial score (nSPS) is 10.6. The van der Waals surface area contributed by atoms with Gasteiger partial charge in [-0.25, -0.2) is 0 Å². The second kappa shape index (κ2) is 6.05. The fraction of sp³-hybridized carbons (Fsp3) is 0.133. The van der Waals surface area contributed by atoms with E-state index in [4.69, 9.17) is 4.42 Å². The Morgan fingerprint density at radius 1 is 1.24 bits per heavy atom. The highest BCUT2D eigenvalue weighted by Crippen LogP contribution is 2.23. The van der Waals surface area contributed by atoms with Gasteiger partial charge in [0.15, 0.2) is 0 Å². The van der Waals surface area contributed by atoms with Crippen molar-refractivity contribution in [1.82, 2.24) is 15.2 Å². The Morgan fingerprint density at radius 3 is 2.86 bits per heavy atom. The fourth-order valence-electron chi connectivity index (χ4n) is 2.04. The summed E-state index contributed by atoms with van der Waals surface area (Å²) in [5, 5.41) is 11.0. The first-order valence-electron chi connectivity index (χ1n) is 6.43. The van der Waals surface area contributed by atoms with Crippen LogP contribution in [0.1, 0.15) is 11.1 Å². The Labute approximate surface area is 130 Å². The molecule has 3 rings (SSSR count). The molecule has 6 heteroatoms. The zero-order valence-corrected chi connectivity index (χ0v) is 13.0. The van der Waals surface area contributed by atoms with Crippen molar-refractivity contribution < 1.29 is 4.42 Å². The highest BCUT2D eigenvalue weighted by atomic mass is 79.9. The number of aryl methyl sites for hydroxylation is 1. The third-order valence-electron chi connectivity index (χ3n) is 3.08. The molecule has 5 nitrogen and oxygen atoms in total. The third-order valence-corrected chi connectivity index (χ3v) is 3.51. The molecule has 106 valence electrons. The molecule has 0 aliphatic heterocycles. The highest BCUT2D eigenvalue weighted by Gasteiger charge is 2.06. The van der Waals surface area contributed by atoms with Crippen molar-refractivity contribution in [2.45, 2.75) is 13.5 Å². The molecule has 21 heavy (non-hydrogen) atoms. The third kappa shape index (κ3) is 3.28. The van der Waals surface area contributed by atoms with Gasteiger partial charge in [0.05, 0.1) is 0 Å². The monoisotopic (exact) mass is 344 g/mol. The van der Waals surface area contributed by atoms with Crippen LogP contribution in [-0.4, -0.2) is 15.2 Å². The first-order chi connectivity index (χ1) is 10.2. The molecule has 0 bridgehead atoms. The fourth-order valence-corrected chi connectivity index (χ4v) is 2.46. The molecule has 3 aromatic rings. The number of hydrogen-bond donors (Lipinski definition) is 1. The van der Waals surface area contributed by atoms with Crippen molar-refractivity contribution in [3.63, 3.8) is 0 Å². The first kappa shape index (κ1) is 13.8. The number of benzene rings is 1. The minimum absolute atomic E-state index is 0.529. The van der Waals surface area contributed by atoms with Gasteiger partial charge >= 0.3 is 0 Å². The smallest absolute Gasteiger partial charge is 0.247 e. The second-order valence-corrected chi connectivity index (χ2v) is 5.55. The van der Waals surface area contributed by atoms with Crippen molar-refractivity contribution >= 4 is 21.6 Å². The predicted molar refractivity (Wildman–Crippen MR) is 83.7 cm³/mol. The van der Waals surface area contributed by atoms with Gasteiger partial charge in [-0.15, -0.1) is 10.2 Å². The molecule has 0 aliphatic rings. The number of halogens is 1. The summed E-state index contributed by atoms with van der Waals surface area (Å²) in [4.78, 5) is 4.15. The number of hydrogen-bond acceptors (Lipinski definition) is 5. The predicted octanol–water partition coefficient (Wildman–Crippen LogP) is 3.81. The van der Waals surface area contributed by atoms with Crippen molar-refractivity contribution in [3.05, 3.63) is 58.7 Å². The number of anilines is 1. The van der Waals surface area contributed by atoms with Crippen molar-refractivity contribution in [1.29, 1.82) is 0 Å². The van der Waals surface area contributed by atoms with Crippen LogP contribution in [0.4, 0.5) is 5.69 Å². The van der Waals surface area contributed by atoms with Gasteiger partial charge in [-0.3, -0.25) is 4.98 Å². The van der Waals surface area contributed by atoms with Crippen LogP contribution in [0.15, 0.2) is 51.9 Å². The van der Waals surface area contributed by atoms with E-state index >= 15 is 0 Å². The summed E-state index contributed by atoms with van der Waals surface area (Å²) in [5.74, 6) is 0.529. The largest absolute Gasteiger partial charge is 0.423 e. The average Bonchev–Trinajstić information content (AvgIpc) is 3.00. The zero-order valence-electron chi connectivity index (χ0n) is 11.4. The van der Waals surface area contributed by atoms with E-state index in [0.29, 0.717) is 12.4 Å². The summed E-state index contributed by atoms with van der Waals surface area (Å²) < 4.78 is 6.18. The van der Waals surface area contributed by atoms with Crippen molar-refractivity contribution in [2.24, 2.45) is 0 Å². The van der Waals surface area contributed by atoms with Crippen LogP contribution in [0.5, 0.6) is 0 Å². The first-order valence-corrected chi connectivity index (χ1v) is 7.22. The van der Waals surface area contributed by atoms with E-state index in [1.165, 1.54) is 6.39 Å². The Morgan fingerprint density at radius 2 is 2.14 bits per heavy atom. The number of rotatable bonds is 4. The Kier molecular flexibility index (Phi) is 3.96. The topological polar surface area (TPSA) is 63.8 Å².